The van der Waals surface area contributed by atoms with Gasteiger partial charge in [-0.25, -0.2) is 9.78 Å². The summed E-state index contributed by atoms with van der Waals surface area (Å²) in [7, 11) is 1.68. The number of hydrogen-bond acceptors (Lipinski definition) is 4. The molecule has 1 aromatic carbocycles. The number of aromatic amines is 1. The molecular weight excluding hydrogens is 318 g/mol. The largest absolute Gasteiger partial charge is 0.497 e. The van der Waals surface area contributed by atoms with Gasteiger partial charge < -0.3 is 15.4 Å². The maximum atomic E-state index is 12.3. The van der Waals surface area contributed by atoms with Crippen molar-refractivity contribution in [2.24, 2.45) is 0 Å². The summed E-state index contributed by atoms with van der Waals surface area (Å²) in [4.78, 5) is 16.4. The van der Waals surface area contributed by atoms with Crippen LogP contribution < -0.4 is 15.4 Å². The zero-order valence-electron chi connectivity index (χ0n) is 14.7. The summed E-state index contributed by atoms with van der Waals surface area (Å²) < 4.78 is 5.36. The van der Waals surface area contributed by atoms with Gasteiger partial charge in [0.25, 0.3) is 0 Å². The molecule has 0 bridgehead atoms. The number of H-pyrrole nitrogens is 1. The Labute approximate surface area is 147 Å². The average molecular weight is 343 g/mol. The van der Waals surface area contributed by atoms with Crippen LogP contribution in [-0.2, 0) is 5.41 Å². The van der Waals surface area contributed by atoms with Gasteiger partial charge in [0.05, 0.1) is 13.2 Å². The lowest BCUT2D eigenvalue weighted by Gasteiger charge is -2.30. The van der Waals surface area contributed by atoms with E-state index in [2.05, 4.69) is 37.9 Å². The summed E-state index contributed by atoms with van der Waals surface area (Å²) in [5.41, 5.74) is 1.20. The Morgan fingerprint density at radius 1 is 1.40 bits per heavy atom. The Hall–Kier alpha value is -2.57. The van der Waals surface area contributed by atoms with E-state index < -0.39 is 0 Å². The first-order valence-electron chi connectivity index (χ1n) is 8.67. The standard InChI is InChI=1S/C18H25N5O2/c1-13(16-20-12-21-23-16)22-17(24)19-11-18(8-3-4-9-18)14-6-5-7-15(10-14)25-2/h5-7,10,12-13H,3-4,8-9,11H2,1-2H3,(H2,19,22,24)(H,20,21,23). The second-order valence-electron chi connectivity index (χ2n) is 6.64. The van der Waals surface area contributed by atoms with Crippen LogP contribution in [0, 0.1) is 0 Å². The third-order valence-corrected chi connectivity index (χ3v) is 5.02. The van der Waals surface area contributed by atoms with E-state index in [1.165, 1.54) is 24.7 Å². The van der Waals surface area contributed by atoms with Crippen LogP contribution in [0.2, 0.25) is 0 Å². The van der Waals surface area contributed by atoms with Crippen molar-refractivity contribution in [2.75, 3.05) is 13.7 Å². The molecule has 0 spiro atoms. The van der Waals surface area contributed by atoms with Crippen molar-refractivity contribution in [3.05, 3.63) is 42.0 Å². The molecule has 25 heavy (non-hydrogen) atoms. The normalized spacial score (nSPS) is 17.0. The molecule has 0 saturated heterocycles. The van der Waals surface area contributed by atoms with Crippen molar-refractivity contribution in [1.82, 2.24) is 25.8 Å². The van der Waals surface area contributed by atoms with Gasteiger partial charge in [-0.2, -0.15) is 5.10 Å². The van der Waals surface area contributed by atoms with Gasteiger partial charge in [0, 0.05) is 12.0 Å². The van der Waals surface area contributed by atoms with E-state index >= 15 is 0 Å². The molecule has 1 saturated carbocycles. The highest BCUT2D eigenvalue weighted by atomic mass is 16.5. The molecule has 3 rings (SSSR count). The Morgan fingerprint density at radius 2 is 2.20 bits per heavy atom. The van der Waals surface area contributed by atoms with Gasteiger partial charge >= 0.3 is 6.03 Å². The summed E-state index contributed by atoms with van der Waals surface area (Å²) in [6, 6.07) is 7.76. The number of carbonyl (C=O) groups excluding carboxylic acids is 1. The number of urea groups is 1. The van der Waals surface area contributed by atoms with Crippen molar-refractivity contribution in [1.29, 1.82) is 0 Å². The number of nitrogens with one attached hydrogen (secondary N) is 3. The number of hydrogen-bond donors (Lipinski definition) is 3. The quantitative estimate of drug-likeness (QED) is 0.752. The molecule has 1 aliphatic rings. The van der Waals surface area contributed by atoms with Gasteiger partial charge in [0.15, 0.2) is 0 Å². The third-order valence-electron chi connectivity index (χ3n) is 5.02. The molecule has 2 amide bonds. The van der Waals surface area contributed by atoms with E-state index in [1.54, 1.807) is 7.11 Å². The van der Waals surface area contributed by atoms with E-state index in [4.69, 9.17) is 4.74 Å². The van der Waals surface area contributed by atoms with Crippen LogP contribution in [0.15, 0.2) is 30.6 Å². The zero-order valence-corrected chi connectivity index (χ0v) is 14.7. The van der Waals surface area contributed by atoms with Gasteiger partial charge in [0.2, 0.25) is 0 Å². The Bertz CT molecular complexity index is 695. The smallest absolute Gasteiger partial charge is 0.315 e. The second-order valence-corrected chi connectivity index (χ2v) is 6.64. The van der Waals surface area contributed by atoms with Crippen LogP contribution in [-0.4, -0.2) is 34.9 Å². The highest BCUT2D eigenvalue weighted by Gasteiger charge is 2.36. The summed E-state index contributed by atoms with van der Waals surface area (Å²) in [6.45, 7) is 2.47. The predicted octanol–water partition coefficient (Wildman–Crippen LogP) is 2.69. The van der Waals surface area contributed by atoms with Crippen LogP contribution in [0.3, 0.4) is 0 Å². The SMILES string of the molecule is COc1cccc(C2(CNC(=O)NC(C)c3ncn[nH]3)CCCC2)c1. The first-order valence-corrected chi connectivity index (χ1v) is 8.67. The fourth-order valence-electron chi connectivity index (χ4n) is 3.56. The van der Waals surface area contributed by atoms with Crippen LogP contribution in [0.5, 0.6) is 5.75 Å². The minimum Gasteiger partial charge on any atom is -0.497 e. The number of carbonyl (C=O) groups is 1. The van der Waals surface area contributed by atoms with Crippen LogP contribution in [0.1, 0.15) is 50.0 Å². The molecule has 134 valence electrons. The van der Waals surface area contributed by atoms with Crippen molar-refractivity contribution in [3.8, 4) is 5.75 Å². The van der Waals surface area contributed by atoms with E-state index in [0.717, 1.165) is 18.6 Å². The van der Waals surface area contributed by atoms with Crippen LogP contribution in [0.25, 0.3) is 0 Å². The number of benzene rings is 1. The lowest BCUT2D eigenvalue weighted by atomic mass is 9.78. The third kappa shape index (κ3) is 3.92. The lowest BCUT2D eigenvalue weighted by Crippen LogP contribution is -2.44. The molecule has 0 radical (unpaired) electrons. The molecular formula is C18H25N5O2. The fraction of sp³-hybridized carbons (Fsp3) is 0.500. The van der Waals surface area contributed by atoms with E-state index in [0.29, 0.717) is 12.4 Å². The molecule has 1 unspecified atom stereocenters. The van der Waals surface area contributed by atoms with Gasteiger partial charge in [0.1, 0.15) is 17.9 Å². The van der Waals surface area contributed by atoms with Gasteiger partial charge in [-0.1, -0.05) is 25.0 Å². The van der Waals surface area contributed by atoms with Crippen molar-refractivity contribution in [2.45, 2.75) is 44.1 Å². The molecule has 1 fully saturated rings. The number of methoxy groups -OCH3 is 1. The monoisotopic (exact) mass is 343 g/mol. The first-order chi connectivity index (χ1) is 12.1. The maximum Gasteiger partial charge on any atom is 0.315 e. The molecule has 1 aliphatic carbocycles. The highest BCUT2D eigenvalue weighted by Crippen LogP contribution is 2.41. The fourth-order valence-corrected chi connectivity index (χ4v) is 3.56. The molecule has 1 atom stereocenters. The average Bonchev–Trinajstić information content (AvgIpc) is 3.32. The van der Waals surface area contributed by atoms with E-state index in [9.17, 15) is 4.79 Å². The van der Waals surface area contributed by atoms with Crippen LogP contribution in [0.4, 0.5) is 4.79 Å². The zero-order chi connectivity index (χ0) is 17.7. The minimum absolute atomic E-state index is 0.0264. The topological polar surface area (TPSA) is 91.9 Å². The first kappa shape index (κ1) is 17.3. The number of amides is 2. The Morgan fingerprint density at radius 3 is 2.88 bits per heavy atom. The lowest BCUT2D eigenvalue weighted by molar-refractivity contribution is 0.233. The molecule has 1 heterocycles. The number of nitrogens with zero attached hydrogens (tertiary/aromatic N) is 2. The molecule has 2 aromatic rings. The summed E-state index contributed by atoms with van der Waals surface area (Å²) in [5, 5.41) is 12.5. The molecule has 0 aliphatic heterocycles. The number of aromatic nitrogens is 3. The molecule has 7 heteroatoms. The van der Waals surface area contributed by atoms with Crippen LogP contribution >= 0.6 is 0 Å². The number of rotatable bonds is 6. The number of ether oxygens (including phenoxy) is 1. The minimum atomic E-state index is -0.223. The van der Waals surface area contributed by atoms with Crippen molar-refractivity contribution in [3.63, 3.8) is 0 Å². The highest BCUT2D eigenvalue weighted by molar-refractivity contribution is 5.74. The second kappa shape index (κ2) is 7.55. The van der Waals surface area contributed by atoms with E-state index in [1.807, 2.05) is 19.1 Å². The summed E-state index contributed by atoms with van der Waals surface area (Å²) in [5.74, 6) is 1.49. The molecule has 1 aromatic heterocycles. The Kier molecular flexibility index (Phi) is 5.21. The van der Waals surface area contributed by atoms with E-state index in [-0.39, 0.29) is 17.5 Å². The van der Waals surface area contributed by atoms with Gasteiger partial charge in [-0.15, -0.1) is 0 Å². The predicted molar refractivity (Wildman–Crippen MR) is 94.5 cm³/mol. The van der Waals surface area contributed by atoms with Crippen molar-refractivity contribution < 1.29 is 9.53 Å². The van der Waals surface area contributed by atoms with Crippen molar-refractivity contribution >= 4 is 6.03 Å². The van der Waals surface area contributed by atoms with Gasteiger partial charge in [-0.3, -0.25) is 5.10 Å². The molecule has 7 nitrogen and oxygen atoms in total. The maximum absolute atomic E-state index is 12.3. The molecule has 3 N–H and O–H groups in total. The summed E-state index contributed by atoms with van der Waals surface area (Å²) in [6.07, 6.45) is 5.92. The summed E-state index contributed by atoms with van der Waals surface area (Å²) >= 11 is 0. The Balaban J connectivity index is 1.65. The van der Waals surface area contributed by atoms with Gasteiger partial charge in [-0.05, 0) is 37.5 Å².